The van der Waals surface area contributed by atoms with Crippen LogP contribution in [-0.2, 0) is 0 Å². The number of hydrogen-bond acceptors (Lipinski definition) is 1. The van der Waals surface area contributed by atoms with E-state index in [0.717, 1.165) is 25.8 Å². The molecule has 1 N–H and O–H groups in total. The Morgan fingerprint density at radius 3 is 2.46 bits per heavy atom. The first kappa shape index (κ1) is 9.37. The minimum Gasteiger partial charge on any atom is -0.449 e. The SMILES string of the molecule is F[B-](F)(F)C1CCC2(CCCN2)C1. The van der Waals surface area contributed by atoms with E-state index in [1.807, 2.05) is 0 Å². The molecule has 2 aliphatic rings. The summed E-state index contributed by atoms with van der Waals surface area (Å²) >= 11 is 0. The van der Waals surface area contributed by atoms with Crippen molar-refractivity contribution >= 4 is 6.98 Å². The first-order chi connectivity index (χ1) is 6.02. The monoisotopic (exact) mass is 192 g/mol. The molecule has 1 spiro atoms. The third-order valence-electron chi connectivity index (χ3n) is 3.51. The maximum Gasteiger partial charge on any atom is 0.481 e. The van der Waals surface area contributed by atoms with Gasteiger partial charge in [-0.15, -0.1) is 0 Å². The topological polar surface area (TPSA) is 12.0 Å². The minimum atomic E-state index is -4.60. The van der Waals surface area contributed by atoms with Crippen molar-refractivity contribution in [2.24, 2.45) is 0 Å². The minimum absolute atomic E-state index is 0.137. The highest BCUT2D eigenvalue weighted by atomic mass is 19.4. The van der Waals surface area contributed by atoms with Crippen LogP contribution >= 0.6 is 0 Å². The van der Waals surface area contributed by atoms with Gasteiger partial charge in [-0.25, -0.2) is 0 Å². The number of halogens is 3. The summed E-state index contributed by atoms with van der Waals surface area (Å²) in [4.78, 5) is 0. The lowest BCUT2D eigenvalue weighted by atomic mass is 9.70. The molecule has 0 amide bonds. The summed E-state index contributed by atoms with van der Waals surface area (Å²) in [5, 5.41) is 3.24. The molecule has 2 unspecified atom stereocenters. The summed E-state index contributed by atoms with van der Waals surface area (Å²) < 4.78 is 37.3. The van der Waals surface area contributed by atoms with Gasteiger partial charge in [0.25, 0.3) is 0 Å². The number of rotatable bonds is 1. The summed E-state index contributed by atoms with van der Waals surface area (Å²) in [7, 11) is 0. The van der Waals surface area contributed by atoms with Crippen molar-refractivity contribution in [3.8, 4) is 0 Å². The fourth-order valence-corrected chi connectivity index (χ4v) is 2.75. The van der Waals surface area contributed by atoms with Crippen molar-refractivity contribution in [3.63, 3.8) is 0 Å². The lowest BCUT2D eigenvalue weighted by molar-refractivity contribution is 0.372. The molecule has 2 rings (SSSR count). The van der Waals surface area contributed by atoms with Crippen molar-refractivity contribution in [3.05, 3.63) is 0 Å². The molecule has 2 fully saturated rings. The van der Waals surface area contributed by atoms with Crippen molar-refractivity contribution in [2.75, 3.05) is 6.54 Å². The first-order valence-corrected chi connectivity index (χ1v) is 4.97. The molecule has 1 saturated heterocycles. The Kier molecular flexibility index (Phi) is 2.09. The van der Waals surface area contributed by atoms with Gasteiger partial charge < -0.3 is 18.3 Å². The average Bonchev–Trinajstić information content (AvgIpc) is 2.60. The standard InChI is InChI=1S/C8H14BF3N/c10-9(11,12)7-2-4-8(6-7)3-1-5-13-8/h7,13H,1-6H2/q-1. The van der Waals surface area contributed by atoms with Gasteiger partial charge in [0.05, 0.1) is 0 Å². The van der Waals surface area contributed by atoms with Gasteiger partial charge in [-0.2, -0.15) is 0 Å². The van der Waals surface area contributed by atoms with Crippen LogP contribution in [0.1, 0.15) is 32.1 Å². The second kappa shape index (κ2) is 2.90. The van der Waals surface area contributed by atoms with E-state index in [1.54, 1.807) is 0 Å². The highest BCUT2D eigenvalue weighted by molar-refractivity contribution is 6.60. The molecule has 13 heavy (non-hydrogen) atoms. The maximum atomic E-state index is 12.4. The van der Waals surface area contributed by atoms with Gasteiger partial charge in [0, 0.05) is 5.54 Å². The molecule has 1 heterocycles. The number of nitrogens with one attached hydrogen (secondary N) is 1. The van der Waals surface area contributed by atoms with Crippen LogP contribution in [0.15, 0.2) is 0 Å². The van der Waals surface area contributed by atoms with Gasteiger partial charge in [-0.3, -0.25) is 0 Å². The summed E-state index contributed by atoms with van der Waals surface area (Å²) in [6, 6.07) is 0. The maximum absolute atomic E-state index is 12.4. The van der Waals surface area contributed by atoms with Crippen LogP contribution in [0.4, 0.5) is 12.9 Å². The highest BCUT2D eigenvalue weighted by Gasteiger charge is 2.47. The Morgan fingerprint density at radius 1 is 1.23 bits per heavy atom. The van der Waals surface area contributed by atoms with E-state index in [-0.39, 0.29) is 5.54 Å². The zero-order chi connectivity index (χ0) is 9.53. The Hall–Kier alpha value is -0.185. The van der Waals surface area contributed by atoms with E-state index in [0.29, 0.717) is 12.8 Å². The normalized spacial score (nSPS) is 40.4. The van der Waals surface area contributed by atoms with E-state index < -0.39 is 12.8 Å². The Labute approximate surface area is 76.1 Å². The molecule has 1 nitrogen and oxygen atoms in total. The fourth-order valence-electron chi connectivity index (χ4n) is 2.75. The molecular formula is C8H14BF3N-. The number of hydrogen-bond donors (Lipinski definition) is 1. The van der Waals surface area contributed by atoms with E-state index in [4.69, 9.17) is 0 Å². The molecule has 0 aromatic heterocycles. The van der Waals surface area contributed by atoms with Crippen LogP contribution in [0.3, 0.4) is 0 Å². The molecular weight excluding hydrogens is 178 g/mol. The molecule has 1 saturated carbocycles. The molecule has 2 atom stereocenters. The highest BCUT2D eigenvalue weighted by Crippen LogP contribution is 2.48. The quantitative estimate of drug-likeness (QED) is 0.629. The molecule has 1 aliphatic carbocycles. The van der Waals surface area contributed by atoms with E-state index in [1.165, 1.54) is 0 Å². The summed E-state index contributed by atoms with van der Waals surface area (Å²) in [5.74, 6) is -0.995. The van der Waals surface area contributed by atoms with Gasteiger partial charge in [-0.1, -0.05) is 18.7 Å². The van der Waals surface area contributed by atoms with Crippen LogP contribution in [0, 0.1) is 0 Å². The van der Waals surface area contributed by atoms with Crippen molar-refractivity contribution in [1.82, 2.24) is 5.32 Å². The molecule has 0 aromatic rings. The predicted octanol–water partition coefficient (Wildman–Crippen LogP) is 2.51. The van der Waals surface area contributed by atoms with E-state index in [9.17, 15) is 12.9 Å². The van der Waals surface area contributed by atoms with Crippen molar-refractivity contribution < 1.29 is 12.9 Å². The summed E-state index contributed by atoms with van der Waals surface area (Å²) in [6.07, 6.45) is 3.37. The van der Waals surface area contributed by atoms with Crippen molar-refractivity contribution in [2.45, 2.75) is 43.5 Å². The van der Waals surface area contributed by atoms with Gasteiger partial charge >= 0.3 is 6.98 Å². The van der Waals surface area contributed by atoms with Gasteiger partial charge in [0.15, 0.2) is 0 Å². The zero-order valence-corrected chi connectivity index (χ0v) is 7.53. The van der Waals surface area contributed by atoms with E-state index >= 15 is 0 Å². The van der Waals surface area contributed by atoms with Gasteiger partial charge in [0.2, 0.25) is 0 Å². The van der Waals surface area contributed by atoms with Crippen molar-refractivity contribution in [1.29, 1.82) is 0 Å². The molecule has 76 valence electrons. The fraction of sp³-hybridized carbons (Fsp3) is 1.00. The Balaban J connectivity index is 2.01. The molecule has 0 radical (unpaired) electrons. The molecule has 0 aromatic carbocycles. The van der Waals surface area contributed by atoms with Gasteiger partial charge in [0.1, 0.15) is 0 Å². The molecule has 0 bridgehead atoms. The second-order valence-electron chi connectivity index (χ2n) is 4.44. The zero-order valence-electron chi connectivity index (χ0n) is 7.53. The Bertz CT molecular complexity index is 198. The third-order valence-corrected chi connectivity index (χ3v) is 3.51. The average molecular weight is 192 g/mol. The predicted molar refractivity (Wildman–Crippen MR) is 46.6 cm³/mol. The summed E-state index contributed by atoms with van der Waals surface area (Å²) in [6.45, 7) is -3.70. The lowest BCUT2D eigenvalue weighted by Gasteiger charge is -2.27. The van der Waals surface area contributed by atoms with Crippen LogP contribution in [0.5, 0.6) is 0 Å². The summed E-state index contributed by atoms with van der Waals surface area (Å²) in [5.41, 5.74) is -0.137. The van der Waals surface area contributed by atoms with Crippen LogP contribution in [-0.4, -0.2) is 19.1 Å². The lowest BCUT2D eigenvalue weighted by Crippen LogP contribution is -2.37. The Morgan fingerprint density at radius 2 is 2.00 bits per heavy atom. The molecule has 5 heteroatoms. The largest absolute Gasteiger partial charge is 0.481 e. The first-order valence-electron chi connectivity index (χ1n) is 4.97. The van der Waals surface area contributed by atoms with Gasteiger partial charge in [-0.05, 0) is 25.8 Å². The smallest absolute Gasteiger partial charge is 0.449 e. The van der Waals surface area contributed by atoms with Crippen LogP contribution in [0.2, 0.25) is 5.82 Å². The van der Waals surface area contributed by atoms with Crippen LogP contribution in [0.25, 0.3) is 0 Å². The molecule has 1 aliphatic heterocycles. The second-order valence-corrected chi connectivity index (χ2v) is 4.44. The van der Waals surface area contributed by atoms with E-state index in [2.05, 4.69) is 5.32 Å². The third kappa shape index (κ3) is 1.71. The van der Waals surface area contributed by atoms with Crippen LogP contribution < -0.4 is 5.32 Å².